The molecule has 0 aliphatic carbocycles. The Hall–Kier alpha value is -1.88. The maximum Gasteiger partial charge on any atom is 0.308 e. The molecule has 0 saturated carbocycles. The van der Waals surface area contributed by atoms with Crippen molar-refractivity contribution in [1.82, 2.24) is 9.97 Å². The average Bonchev–Trinajstić information content (AvgIpc) is 2.78. The van der Waals surface area contributed by atoms with Crippen LogP contribution in [0.15, 0.2) is 24.5 Å². The Morgan fingerprint density at radius 2 is 2.44 bits per heavy atom. The average molecular weight is 232 g/mol. The first kappa shape index (κ1) is 9.35. The lowest BCUT2D eigenvalue weighted by atomic mass is 10.2. The van der Waals surface area contributed by atoms with Gasteiger partial charge in [0, 0.05) is 32.7 Å². The number of nitrogens with one attached hydrogen (secondary N) is 1. The Morgan fingerprint density at radius 3 is 3.25 bits per heavy atom. The Labute approximate surface area is 94.5 Å². The van der Waals surface area contributed by atoms with Gasteiger partial charge in [-0.25, -0.2) is 4.98 Å². The van der Waals surface area contributed by atoms with Crippen molar-refractivity contribution < 1.29 is 9.90 Å². The molecular weight excluding hydrogens is 224 g/mol. The summed E-state index contributed by atoms with van der Waals surface area (Å²) in [6.45, 7) is 0. The number of aliphatic carboxylic acids is 1. The molecule has 0 saturated heterocycles. The number of carboxylic acids is 1. The van der Waals surface area contributed by atoms with E-state index in [9.17, 15) is 4.79 Å². The van der Waals surface area contributed by atoms with Gasteiger partial charge in [-0.3, -0.25) is 4.79 Å². The van der Waals surface area contributed by atoms with Crippen LogP contribution in [0.4, 0.5) is 0 Å². The minimum absolute atomic E-state index is 0.0747. The van der Waals surface area contributed by atoms with Crippen molar-refractivity contribution in [3.63, 3.8) is 0 Å². The van der Waals surface area contributed by atoms with Gasteiger partial charge in [-0.15, -0.1) is 11.3 Å². The van der Waals surface area contributed by atoms with Crippen LogP contribution in [0.1, 0.15) is 4.88 Å². The molecule has 0 atom stereocenters. The third-order valence-corrected chi connectivity index (χ3v) is 3.62. The van der Waals surface area contributed by atoms with Crippen LogP contribution >= 0.6 is 11.3 Å². The van der Waals surface area contributed by atoms with Crippen molar-refractivity contribution in [2.24, 2.45) is 0 Å². The number of rotatable bonds is 2. The lowest BCUT2D eigenvalue weighted by Gasteiger charge is -1.90. The molecule has 3 aromatic heterocycles. The van der Waals surface area contributed by atoms with E-state index in [2.05, 4.69) is 9.97 Å². The topological polar surface area (TPSA) is 66.0 Å². The fourth-order valence-electron chi connectivity index (χ4n) is 1.79. The second-order valence-electron chi connectivity index (χ2n) is 3.57. The van der Waals surface area contributed by atoms with Crippen LogP contribution in [-0.4, -0.2) is 21.0 Å². The highest BCUT2D eigenvalue weighted by Gasteiger charge is 2.09. The first-order valence-electron chi connectivity index (χ1n) is 4.80. The normalized spacial score (nSPS) is 11.2. The molecule has 2 N–H and O–H groups in total. The van der Waals surface area contributed by atoms with Gasteiger partial charge in [-0.1, -0.05) is 0 Å². The summed E-state index contributed by atoms with van der Waals surface area (Å²) in [6, 6.07) is 3.86. The fourth-order valence-corrected chi connectivity index (χ4v) is 2.93. The quantitative estimate of drug-likeness (QED) is 0.713. The molecule has 0 amide bonds. The number of H-pyrrole nitrogens is 1. The Kier molecular flexibility index (Phi) is 1.94. The van der Waals surface area contributed by atoms with Crippen molar-refractivity contribution in [2.75, 3.05) is 0 Å². The molecule has 0 aliphatic heterocycles. The maximum atomic E-state index is 10.6. The summed E-state index contributed by atoms with van der Waals surface area (Å²) in [5.74, 6) is -0.801. The predicted molar refractivity (Wildman–Crippen MR) is 62.8 cm³/mol. The maximum absolute atomic E-state index is 10.6. The molecule has 5 heteroatoms. The third-order valence-electron chi connectivity index (χ3n) is 2.44. The number of carbonyl (C=O) groups is 1. The van der Waals surface area contributed by atoms with Crippen molar-refractivity contribution in [2.45, 2.75) is 6.42 Å². The standard InChI is InChI=1S/C11H8N2O2S/c14-9(15)4-7-3-6-5-13-11-8(1-2-12-11)10(6)16-7/h1-3,5H,4H2,(H,12,13)(H,14,15). The number of pyridine rings is 1. The molecule has 3 heterocycles. The van der Waals surface area contributed by atoms with E-state index in [0.29, 0.717) is 0 Å². The minimum Gasteiger partial charge on any atom is -0.481 e. The summed E-state index contributed by atoms with van der Waals surface area (Å²) in [4.78, 5) is 18.8. The zero-order chi connectivity index (χ0) is 11.1. The highest BCUT2D eigenvalue weighted by molar-refractivity contribution is 7.20. The molecule has 0 bridgehead atoms. The lowest BCUT2D eigenvalue weighted by Crippen LogP contribution is -1.96. The van der Waals surface area contributed by atoms with E-state index in [1.54, 1.807) is 6.20 Å². The SMILES string of the molecule is O=C(O)Cc1cc2cnc3[nH]ccc3c2s1. The highest BCUT2D eigenvalue weighted by atomic mass is 32.1. The Bertz CT molecular complexity index is 683. The van der Waals surface area contributed by atoms with Gasteiger partial charge in [0.2, 0.25) is 0 Å². The van der Waals surface area contributed by atoms with E-state index < -0.39 is 5.97 Å². The van der Waals surface area contributed by atoms with Gasteiger partial charge in [-0.2, -0.15) is 0 Å². The van der Waals surface area contributed by atoms with Gasteiger partial charge >= 0.3 is 5.97 Å². The van der Waals surface area contributed by atoms with Gasteiger partial charge in [-0.05, 0) is 12.1 Å². The van der Waals surface area contributed by atoms with Crippen molar-refractivity contribution in [1.29, 1.82) is 0 Å². The lowest BCUT2D eigenvalue weighted by molar-refractivity contribution is -0.136. The predicted octanol–water partition coefficient (Wildman–Crippen LogP) is 2.40. The monoisotopic (exact) mass is 232 g/mol. The van der Waals surface area contributed by atoms with Crippen LogP contribution in [-0.2, 0) is 11.2 Å². The summed E-state index contributed by atoms with van der Waals surface area (Å²) in [5, 5.41) is 10.8. The zero-order valence-electron chi connectivity index (χ0n) is 8.23. The van der Waals surface area contributed by atoms with Crippen LogP contribution in [0.3, 0.4) is 0 Å². The van der Waals surface area contributed by atoms with Crippen LogP contribution in [0, 0.1) is 0 Å². The largest absolute Gasteiger partial charge is 0.481 e. The number of aromatic nitrogens is 2. The summed E-state index contributed by atoms with van der Waals surface area (Å²) in [6.07, 6.45) is 3.69. The zero-order valence-corrected chi connectivity index (χ0v) is 9.04. The van der Waals surface area contributed by atoms with Crippen molar-refractivity contribution in [3.05, 3.63) is 29.4 Å². The number of fused-ring (bicyclic) bond motifs is 3. The summed E-state index contributed by atoms with van der Waals surface area (Å²) in [7, 11) is 0. The molecule has 80 valence electrons. The minimum atomic E-state index is -0.801. The van der Waals surface area contributed by atoms with E-state index >= 15 is 0 Å². The van der Waals surface area contributed by atoms with Crippen molar-refractivity contribution in [3.8, 4) is 0 Å². The van der Waals surface area contributed by atoms with Crippen LogP contribution in [0.2, 0.25) is 0 Å². The number of nitrogens with zero attached hydrogens (tertiary/aromatic N) is 1. The number of thiophene rings is 1. The second-order valence-corrected chi connectivity index (χ2v) is 4.70. The molecular formula is C11H8N2O2S. The first-order chi connectivity index (χ1) is 7.74. The van der Waals surface area contributed by atoms with E-state index in [4.69, 9.17) is 5.11 Å². The molecule has 0 unspecified atom stereocenters. The van der Waals surface area contributed by atoms with Gasteiger partial charge in [0.15, 0.2) is 0 Å². The molecule has 0 spiro atoms. The molecule has 0 aromatic carbocycles. The van der Waals surface area contributed by atoms with Crippen LogP contribution < -0.4 is 0 Å². The molecule has 0 radical (unpaired) electrons. The van der Waals surface area contributed by atoms with Gasteiger partial charge in [0.1, 0.15) is 5.65 Å². The Balaban J connectivity index is 2.26. The van der Waals surface area contributed by atoms with Crippen molar-refractivity contribution >= 4 is 38.4 Å². The van der Waals surface area contributed by atoms with Gasteiger partial charge in [0.25, 0.3) is 0 Å². The summed E-state index contributed by atoms with van der Waals surface area (Å²) < 4.78 is 1.10. The molecule has 4 nitrogen and oxygen atoms in total. The highest BCUT2D eigenvalue weighted by Crippen LogP contribution is 2.31. The fraction of sp³-hybridized carbons (Fsp3) is 0.0909. The second kappa shape index (κ2) is 3.31. The van der Waals surface area contributed by atoms with E-state index in [0.717, 1.165) is 26.0 Å². The number of carboxylic acid groups (broad SMARTS) is 1. The van der Waals surface area contributed by atoms with Crippen LogP contribution in [0.5, 0.6) is 0 Å². The first-order valence-corrected chi connectivity index (χ1v) is 5.62. The summed E-state index contributed by atoms with van der Waals surface area (Å²) in [5.41, 5.74) is 0.844. The third kappa shape index (κ3) is 1.37. The van der Waals surface area contributed by atoms with E-state index in [1.807, 2.05) is 18.3 Å². The summed E-state index contributed by atoms with van der Waals surface area (Å²) >= 11 is 1.52. The number of aromatic amines is 1. The number of hydrogen-bond donors (Lipinski definition) is 2. The van der Waals surface area contributed by atoms with Gasteiger partial charge in [0.05, 0.1) is 6.42 Å². The Morgan fingerprint density at radius 1 is 1.56 bits per heavy atom. The van der Waals surface area contributed by atoms with Crippen LogP contribution in [0.25, 0.3) is 21.1 Å². The molecule has 16 heavy (non-hydrogen) atoms. The molecule has 0 aliphatic rings. The molecule has 0 fully saturated rings. The van der Waals surface area contributed by atoms with E-state index in [1.165, 1.54) is 11.3 Å². The smallest absolute Gasteiger partial charge is 0.308 e. The molecule has 3 aromatic rings. The van der Waals surface area contributed by atoms with Gasteiger partial charge < -0.3 is 10.1 Å². The number of hydrogen-bond acceptors (Lipinski definition) is 3. The van der Waals surface area contributed by atoms with E-state index in [-0.39, 0.29) is 6.42 Å². The molecule has 3 rings (SSSR count).